The highest BCUT2D eigenvalue weighted by Gasteiger charge is 2.16. The second-order valence-electron chi connectivity index (χ2n) is 4.70. The van der Waals surface area contributed by atoms with Crippen LogP contribution in [0.3, 0.4) is 0 Å². The van der Waals surface area contributed by atoms with Crippen molar-refractivity contribution in [2.24, 2.45) is 0 Å². The van der Waals surface area contributed by atoms with E-state index in [1.807, 2.05) is 0 Å². The largest absolute Gasteiger partial charge is 0.481 e. The van der Waals surface area contributed by atoms with Crippen LogP contribution >= 0.6 is 0 Å². The number of nitrogens with zero attached hydrogens (tertiary/aromatic N) is 1. The van der Waals surface area contributed by atoms with Gasteiger partial charge >= 0.3 is 5.97 Å². The first-order valence-corrected chi connectivity index (χ1v) is 6.22. The molecule has 1 heterocycles. The Bertz CT molecular complexity index is 415. The number of fused-ring (bicyclic) bond motifs is 1. The minimum Gasteiger partial charge on any atom is -0.481 e. The summed E-state index contributed by atoms with van der Waals surface area (Å²) in [5.41, 5.74) is 4.04. The molecule has 0 aliphatic carbocycles. The standard InChI is InChI=1S/C14H19NO2/c1-15-10-4-8-12-6-2-5-11(14(12)15)7-3-9-13(16)17/h2,5-6H,3-4,7-10H2,1H3,(H,16,17). The summed E-state index contributed by atoms with van der Waals surface area (Å²) in [4.78, 5) is 12.8. The first-order chi connectivity index (χ1) is 8.18. The zero-order valence-corrected chi connectivity index (χ0v) is 10.3. The Kier molecular flexibility index (Phi) is 3.67. The smallest absolute Gasteiger partial charge is 0.303 e. The molecular weight excluding hydrogens is 214 g/mol. The molecule has 0 fully saturated rings. The molecule has 0 saturated carbocycles. The van der Waals surface area contributed by atoms with Gasteiger partial charge in [0.1, 0.15) is 0 Å². The monoisotopic (exact) mass is 233 g/mol. The first kappa shape index (κ1) is 12.0. The third-order valence-electron chi connectivity index (χ3n) is 3.36. The van der Waals surface area contributed by atoms with Crippen LogP contribution < -0.4 is 4.90 Å². The molecular formula is C14H19NO2. The number of hydrogen-bond donors (Lipinski definition) is 1. The summed E-state index contributed by atoms with van der Waals surface area (Å²) in [5.74, 6) is -0.705. The van der Waals surface area contributed by atoms with Gasteiger partial charge in [0.25, 0.3) is 0 Å². The maximum atomic E-state index is 10.5. The fourth-order valence-corrected chi connectivity index (χ4v) is 2.59. The third-order valence-corrected chi connectivity index (χ3v) is 3.36. The zero-order chi connectivity index (χ0) is 12.3. The maximum Gasteiger partial charge on any atom is 0.303 e. The van der Waals surface area contributed by atoms with Crippen LogP contribution in [0.4, 0.5) is 5.69 Å². The molecule has 0 amide bonds. The Labute approximate surface area is 102 Å². The van der Waals surface area contributed by atoms with Crippen molar-refractivity contribution in [2.45, 2.75) is 32.1 Å². The highest BCUT2D eigenvalue weighted by Crippen LogP contribution is 2.30. The maximum absolute atomic E-state index is 10.5. The second-order valence-corrected chi connectivity index (χ2v) is 4.70. The van der Waals surface area contributed by atoms with Crippen molar-refractivity contribution >= 4 is 11.7 Å². The van der Waals surface area contributed by atoms with Crippen molar-refractivity contribution in [1.29, 1.82) is 0 Å². The molecule has 2 rings (SSSR count). The summed E-state index contributed by atoms with van der Waals surface area (Å²) in [6, 6.07) is 6.41. The third kappa shape index (κ3) is 2.78. The molecule has 92 valence electrons. The fraction of sp³-hybridized carbons (Fsp3) is 0.500. The lowest BCUT2D eigenvalue weighted by Crippen LogP contribution is -2.26. The molecule has 1 N–H and O–H groups in total. The highest BCUT2D eigenvalue weighted by atomic mass is 16.4. The van der Waals surface area contributed by atoms with E-state index < -0.39 is 5.97 Å². The summed E-state index contributed by atoms with van der Waals surface area (Å²) in [5, 5.41) is 8.67. The van der Waals surface area contributed by atoms with Crippen molar-refractivity contribution in [3.05, 3.63) is 29.3 Å². The van der Waals surface area contributed by atoms with E-state index >= 15 is 0 Å². The lowest BCUT2D eigenvalue weighted by atomic mass is 9.95. The number of anilines is 1. The molecule has 17 heavy (non-hydrogen) atoms. The van der Waals surface area contributed by atoms with E-state index in [1.165, 1.54) is 23.2 Å². The summed E-state index contributed by atoms with van der Waals surface area (Å²) in [6.07, 6.45) is 4.20. The van der Waals surface area contributed by atoms with Crippen LogP contribution in [-0.2, 0) is 17.6 Å². The topological polar surface area (TPSA) is 40.5 Å². The van der Waals surface area contributed by atoms with Crippen LogP contribution in [0.25, 0.3) is 0 Å². The van der Waals surface area contributed by atoms with Crippen molar-refractivity contribution in [3.63, 3.8) is 0 Å². The van der Waals surface area contributed by atoms with Gasteiger partial charge in [-0.2, -0.15) is 0 Å². The lowest BCUT2D eigenvalue weighted by molar-refractivity contribution is -0.137. The number of para-hydroxylation sites is 1. The molecule has 0 saturated heterocycles. The number of rotatable bonds is 4. The van der Waals surface area contributed by atoms with Crippen LogP contribution in [0, 0.1) is 0 Å². The van der Waals surface area contributed by atoms with Gasteiger partial charge in [-0.05, 0) is 36.8 Å². The summed E-state index contributed by atoms with van der Waals surface area (Å²) < 4.78 is 0. The average Bonchev–Trinajstić information content (AvgIpc) is 2.29. The molecule has 0 unspecified atom stereocenters. The van der Waals surface area contributed by atoms with Crippen LogP contribution in [-0.4, -0.2) is 24.7 Å². The number of carboxylic acid groups (broad SMARTS) is 1. The molecule has 0 atom stereocenters. The summed E-state index contributed by atoms with van der Waals surface area (Å²) >= 11 is 0. The Morgan fingerprint density at radius 2 is 2.29 bits per heavy atom. The van der Waals surface area contributed by atoms with Gasteiger partial charge in [-0.1, -0.05) is 18.2 Å². The van der Waals surface area contributed by atoms with E-state index in [9.17, 15) is 4.79 Å². The Morgan fingerprint density at radius 1 is 1.47 bits per heavy atom. The zero-order valence-electron chi connectivity index (χ0n) is 10.3. The van der Waals surface area contributed by atoms with E-state index in [2.05, 4.69) is 30.1 Å². The molecule has 1 aromatic carbocycles. The molecule has 1 aromatic rings. The Hall–Kier alpha value is -1.51. The quantitative estimate of drug-likeness (QED) is 0.868. The molecule has 3 heteroatoms. The number of aryl methyl sites for hydroxylation is 2. The molecule has 3 nitrogen and oxygen atoms in total. The van der Waals surface area contributed by atoms with Crippen LogP contribution in [0.5, 0.6) is 0 Å². The Balaban J connectivity index is 2.14. The van der Waals surface area contributed by atoms with Gasteiger partial charge in [0.05, 0.1) is 0 Å². The van der Waals surface area contributed by atoms with E-state index in [0.717, 1.165) is 25.8 Å². The number of carboxylic acids is 1. The molecule has 0 radical (unpaired) electrons. The van der Waals surface area contributed by atoms with E-state index in [1.54, 1.807) is 0 Å². The van der Waals surface area contributed by atoms with Crippen molar-refractivity contribution in [2.75, 3.05) is 18.5 Å². The van der Waals surface area contributed by atoms with Crippen molar-refractivity contribution < 1.29 is 9.90 Å². The normalized spacial score (nSPS) is 14.5. The van der Waals surface area contributed by atoms with Gasteiger partial charge < -0.3 is 10.0 Å². The lowest BCUT2D eigenvalue weighted by Gasteiger charge is -2.30. The number of carbonyl (C=O) groups is 1. The second kappa shape index (κ2) is 5.21. The number of benzene rings is 1. The van der Waals surface area contributed by atoms with E-state index in [-0.39, 0.29) is 6.42 Å². The molecule has 0 spiro atoms. The highest BCUT2D eigenvalue weighted by molar-refractivity contribution is 5.67. The molecule has 1 aliphatic heterocycles. The first-order valence-electron chi connectivity index (χ1n) is 6.22. The molecule has 0 aromatic heterocycles. The number of hydrogen-bond acceptors (Lipinski definition) is 2. The predicted molar refractivity (Wildman–Crippen MR) is 68.6 cm³/mol. The van der Waals surface area contributed by atoms with E-state index in [0.29, 0.717) is 0 Å². The summed E-state index contributed by atoms with van der Waals surface area (Å²) in [7, 11) is 2.12. The average molecular weight is 233 g/mol. The Morgan fingerprint density at radius 3 is 3.06 bits per heavy atom. The van der Waals surface area contributed by atoms with Gasteiger partial charge in [0, 0.05) is 25.7 Å². The SMILES string of the molecule is CN1CCCc2cccc(CCCC(=O)O)c21. The predicted octanol–water partition coefficient (Wildman–Crippen LogP) is 2.48. The molecule has 0 bridgehead atoms. The van der Waals surface area contributed by atoms with Gasteiger partial charge in [-0.25, -0.2) is 0 Å². The van der Waals surface area contributed by atoms with Crippen molar-refractivity contribution in [3.8, 4) is 0 Å². The molecule has 1 aliphatic rings. The van der Waals surface area contributed by atoms with Gasteiger partial charge in [0.15, 0.2) is 0 Å². The van der Waals surface area contributed by atoms with Crippen molar-refractivity contribution in [1.82, 2.24) is 0 Å². The minimum atomic E-state index is -0.705. The number of aliphatic carboxylic acids is 1. The fourth-order valence-electron chi connectivity index (χ4n) is 2.59. The van der Waals surface area contributed by atoms with Gasteiger partial charge in [0.2, 0.25) is 0 Å². The van der Waals surface area contributed by atoms with E-state index in [4.69, 9.17) is 5.11 Å². The van der Waals surface area contributed by atoms with Crippen LogP contribution in [0.15, 0.2) is 18.2 Å². The van der Waals surface area contributed by atoms with Crippen LogP contribution in [0.2, 0.25) is 0 Å². The van der Waals surface area contributed by atoms with Gasteiger partial charge in [-0.3, -0.25) is 4.79 Å². The minimum absolute atomic E-state index is 0.257. The van der Waals surface area contributed by atoms with Gasteiger partial charge in [-0.15, -0.1) is 0 Å². The summed E-state index contributed by atoms with van der Waals surface area (Å²) in [6.45, 7) is 1.10. The van der Waals surface area contributed by atoms with Crippen LogP contribution in [0.1, 0.15) is 30.4 Å².